The van der Waals surface area contributed by atoms with Gasteiger partial charge in [-0.3, -0.25) is 9.78 Å². The second-order valence-electron chi connectivity index (χ2n) is 8.78. The summed E-state index contributed by atoms with van der Waals surface area (Å²) < 4.78 is 69.7. The van der Waals surface area contributed by atoms with Crippen LogP contribution in [-0.2, 0) is 0 Å². The SMILES string of the molecule is COc1cc(F)c(-c2c(F)ccc(C(=O)Nc3cnccc3OCC3(CN)CCCC3)c2F)c(F)c1.Cl.Cl. The summed E-state index contributed by atoms with van der Waals surface area (Å²) in [6.45, 7) is 0.795. The summed E-state index contributed by atoms with van der Waals surface area (Å²) in [6.07, 6.45) is 6.77. The highest BCUT2D eigenvalue weighted by atomic mass is 35.5. The van der Waals surface area contributed by atoms with E-state index < -0.39 is 45.9 Å². The molecule has 1 aliphatic rings. The van der Waals surface area contributed by atoms with Crippen molar-refractivity contribution in [3.8, 4) is 22.6 Å². The molecule has 1 aromatic heterocycles. The van der Waals surface area contributed by atoms with Gasteiger partial charge in [0, 0.05) is 36.4 Å². The summed E-state index contributed by atoms with van der Waals surface area (Å²) >= 11 is 0. The molecule has 0 aliphatic heterocycles. The second kappa shape index (κ2) is 13.1. The van der Waals surface area contributed by atoms with Crippen LogP contribution in [0, 0.1) is 28.7 Å². The van der Waals surface area contributed by atoms with E-state index in [1.807, 2.05) is 0 Å². The number of nitrogens with two attached hydrogens (primary N) is 1. The number of nitrogens with one attached hydrogen (secondary N) is 1. The minimum Gasteiger partial charge on any atom is -0.497 e. The number of halogens is 6. The van der Waals surface area contributed by atoms with Crippen LogP contribution in [0.3, 0.4) is 0 Å². The van der Waals surface area contributed by atoms with Gasteiger partial charge in [-0.15, -0.1) is 24.8 Å². The van der Waals surface area contributed by atoms with E-state index >= 15 is 4.39 Å². The van der Waals surface area contributed by atoms with E-state index in [1.54, 1.807) is 6.07 Å². The summed E-state index contributed by atoms with van der Waals surface area (Å²) in [6, 6.07) is 4.79. The van der Waals surface area contributed by atoms with Gasteiger partial charge in [0.2, 0.25) is 0 Å². The van der Waals surface area contributed by atoms with E-state index in [0.29, 0.717) is 18.9 Å². The Labute approximate surface area is 229 Å². The van der Waals surface area contributed by atoms with Gasteiger partial charge >= 0.3 is 0 Å². The third-order valence-electron chi connectivity index (χ3n) is 6.50. The zero-order chi connectivity index (χ0) is 25.9. The summed E-state index contributed by atoms with van der Waals surface area (Å²) in [5, 5.41) is 2.49. The van der Waals surface area contributed by atoms with Crippen LogP contribution in [0.25, 0.3) is 11.1 Å². The molecule has 1 fully saturated rings. The standard InChI is InChI=1S/C26H25F4N3O3.2ClH/c1-35-15-10-18(28)22(19(29)11-15)23-17(27)5-4-16(24(23)30)25(34)33-20-12-32-9-6-21(20)36-14-26(13-31)7-2-3-8-26;;/h4-6,9-12H,2-3,7-8,13-14,31H2,1H3,(H,33,34);2*1H. The van der Waals surface area contributed by atoms with E-state index in [9.17, 15) is 18.0 Å². The summed E-state index contributed by atoms with van der Waals surface area (Å²) in [5.41, 5.74) is 3.38. The van der Waals surface area contributed by atoms with Gasteiger partial charge in [0.05, 0.1) is 36.6 Å². The minimum atomic E-state index is -1.42. The Kier molecular flexibility index (Phi) is 10.8. The van der Waals surface area contributed by atoms with Gasteiger partial charge in [0.1, 0.15) is 40.5 Å². The van der Waals surface area contributed by atoms with Crippen molar-refractivity contribution in [1.82, 2.24) is 4.98 Å². The number of hydrogen-bond acceptors (Lipinski definition) is 5. The average molecular weight is 576 g/mol. The summed E-state index contributed by atoms with van der Waals surface area (Å²) in [4.78, 5) is 16.9. The van der Waals surface area contributed by atoms with Crippen molar-refractivity contribution in [2.24, 2.45) is 11.1 Å². The molecule has 1 heterocycles. The number of aromatic nitrogens is 1. The normalized spacial score (nSPS) is 13.7. The molecule has 206 valence electrons. The number of carbonyl (C=O) groups is 1. The lowest BCUT2D eigenvalue weighted by atomic mass is 9.87. The Morgan fingerprint density at radius 2 is 1.68 bits per heavy atom. The van der Waals surface area contributed by atoms with Crippen molar-refractivity contribution >= 4 is 36.4 Å². The van der Waals surface area contributed by atoms with E-state index in [4.69, 9.17) is 15.2 Å². The maximum Gasteiger partial charge on any atom is 0.258 e. The number of benzene rings is 2. The first-order valence-corrected chi connectivity index (χ1v) is 11.4. The molecule has 1 amide bonds. The number of anilines is 1. The van der Waals surface area contributed by atoms with Gasteiger partial charge in [0.15, 0.2) is 0 Å². The highest BCUT2D eigenvalue weighted by Gasteiger charge is 2.33. The highest BCUT2D eigenvalue weighted by Crippen LogP contribution is 2.39. The van der Waals surface area contributed by atoms with Crippen molar-refractivity contribution in [2.75, 3.05) is 25.6 Å². The lowest BCUT2D eigenvalue weighted by Crippen LogP contribution is -2.33. The lowest BCUT2D eigenvalue weighted by molar-refractivity contribution is 0.102. The number of carbonyl (C=O) groups excluding carboxylic acids is 1. The molecule has 3 aromatic rings. The molecular weight excluding hydrogens is 549 g/mol. The monoisotopic (exact) mass is 575 g/mol. The third-order valence-corrected chi connectivity index (χ3v) is 6.50. The van der Waals surface area contributed by atoms with E-state index in [1.165, 1.54) is 19.5 Å². The number of methoxy groups -OCH3 is 1. The van der Waals surface area contributed by atoms with Crippen LogP contribution in [0.15, 0.2) is 42.7 Å². The maximum atomic E-state index is 15.3. The van der Waals surface area contributed by atoms with Crippen LogP contribution >= 0.6 is 24.8 Å². The van der Waals surface area contributed by atoms with Gasteiger partial charge < -0.3 is 20.5 Å². The molecule has 1 saturated carbocycles. The predicted octanol–water partition coefficient (Wildman–Crippen LogP) is 6.31. The quantitative estimate of drug-likeness (QED) is 0.307. The largest absolute Gasteiger partial charge is 0.497 e. The van der Waals surface area contributed by atoms with E-state index in [0.717, 1.165) is 49.9 Å². The zero-order valence-corrected chi connectivity index (χ0v) is 22.0. The molecular formula is C26H27Cl2F4N3O3. The molecule has 12 heteroatoms. The molecule has 38 heavy (non-hydrogen) atoms. The Bertz CT molecular complexity index is 1270. The van der Waals surface area contributed by atoms with Crippen molar-refractivity contribution < 1.29 is 31.8 Å². The fraction of sp³-hybridized carbons (Fsp3) is 0.308. The number of hydrogen-bond donors (Lipinski definition) is 2. The van der Waals surface area contributed by atoms with Crippen LogP contribution < -0.4 is 20.5 Å². The molecule has 4 rings (SSSR count). The Balaban J connectivity index is 0.00000253. The first-order valence-electron chi connectivity index (χ1n) is 11.4. The highest BCUT2D eigenvalue weighted by molar-refractivity contribution is 6.06. The molecule has 0 saturated heterocycles. The molecule has 0 atom stereocenters. The van der Waals surface area contributed by atoms with Gasteiger partial charge in [-0.1, -0.05) is 12.8 Å². The fourth-order valence-corrected chi connectivity index (χ4v) is 4.42. The first kappa shape index (κ1) is 31.1. The van der Waals surface area contributed by atoms with Crippen LogP contribution in [-0.4, -0.2) is 31.2 Å². The Morgan fingerprint density at radius 1 is 1.03 bits per heavy atom. The first-order chi connectivity index (χ1) is 17.3. The van der Waals surface area contributed by atoms with Crippen LogP contribution in [0.4, 0.5) is 23.2 Å². The third kappa shape index (κ3) is 6.31. The lowest BCUT2D eigenvalue weighted by Gasteiger charge is -2.27. The van der Waals surface area contributed by atoms with Crippen LogP contribution in [0.5, 0.6) is 11.5 Å². The Morgan fingerprint density at radius 3 is 2.29 bits per heavy atom. The van der Waals surface area contributed by atoms with Gasteiger partial charge in [0.25, 0.3) is 5.91 Å². The van der Waals surface area contributed by atoms with Crippen LogP contribution in [0.1, 0.15) is 36.0 Å². The number of ether oxygens (including phenoxy) is 2. The van der Waals surface area contributed by atoms with Crippen molar-refractivity contribution in [3.63, 3.8) is 0 Å². The summed E-state index contributed by atoms with van der Waals surface area (Å²) in [5.74, 6) is -5.99. The van der Waals surface area contributed by atoms with E-state index in [2.05, 4.69) is 10.3 Å². The van der Waals surface area contributed by atoms with Crippen LogP contribution in [0.2, 0.25) is 0 Å². The zero-order valence-electron chi connectivity index (χ0n) is 20.4. The molecule has 6 nitrogen and oxygen atoms in total. The van der Waals surface area contributed by atoms with Gasteiger partial charge in [-0.05, 0) is 25.0 Å². The summed E-state index contributed by atoms with van der Waals surface area (Å²) in [7, 11) is 1.19. The second-order valence-corrected chi connectivity index (χ2v) is 8.78. The van der Waals surface area contributed by atoms with Crippen molar-refractivity contribution in [1.29, 1.82) is 0 Å². The average Bonchev–Trinajstić information content (AvgIpc) is 3.34. The van der Waals surface area contributed by atoms with E-state index in [-0.39, 0.29) is 41.7 Å². The minimum absolute atomic E-state index is 0. The fourth-order valence-electron chi connectivity index (χ4n) is 4.42. The number of pyridine rings is 1. The number of nitrogens with zero attached hydrogens (tertiary/aromatic N) is 1. The number of amides is 1. The maximum absolute atomic E-state index is 15.3. The predicted molar refractivity (Wildman–Crippen MR) is 140 cm³/mol. The molecule has 0 bridgehead atoms. The molecule has 3 N–H and O–H groups in total. The van der Waals surface area contributed by atoms with Crippen molar-refractivity contribution in [2.45, 2.75) is 25.7 Å². The van der Waals surface area contributed by atoms with Gasteiger partial charge in [-0.2, -0.15) is 0 Å². The molecule has 0 radical (unpaired) electrons. The van der Waals surface area contributed by atoms with Crippen molar-refractivity contribution in [3.05, 3.63) is 71.6 Å². The molecule has 2 aromatic carbocycles. The smallest absolute Gasteiger partial charge is 0.258 e. The molecule has 1 aliphatic carbocycles. The number of rotatable bonds is 8. The topological polar surface area (TPSA) is 86.5 Å². The van der Waals surface area contributed by atoms with Gasteiger partial charge in [-0.25, -0.2) is 17.6 Å². The molecule has 0 unspecified atom stereocenters. The Hall–Kier alpha value is -3.08. The molecule has 0 spiro atoms.